The van der Waals surface area contributed by atoms with Crippen LogP contribution in [0.15, 0.2) is 36.7 Å². The molecule has 2 heterocycles. The number of carbonyl (C=O) groups is 1. The van der Waals surface area contributed by atoms with Crippen molar-refractivity contribution in [3.05, 3.63) is 53.3 Å². The molecule has 1 aromatic heterocycles. The molecule has 2 aromatic rings. The van der Waals surface area contributed by atoms with Gasteiger partial charge < -0.3 is 9.64 Å². The van der Waals surface area contributed by atoms with E-state index in [1.165, 1.54) is 6.07 Å². The van der Waals surface area contributed by atoms with E-state index in [2.05, 4.69) is 10.2 Å². The number of aryl methyl sites for hydroxylation is 1. The van der Waals surface area contributed by atoms with Gasteiger partial charge in [0.2, 0.25) is 5.91 Å². The first-order chi connectivity index (χ1) is 12.4. The molecule has 8 heteroatoms. The lowest BCUT2D eigenvalue weighted by Gasteiger charge is -2.33. The number of ether oxygens (including phenoxy) is 1. The number of amides is 1. The highest BCUT2D eigenvalue weighted by atomic mass is 19.4. The van der Waals surface area contributed by atoms with Gasteiger partial charge in [0.05, 0.1) is 24.5 Å². The normalized spacial score (nSPS) is 18.1. The molecular formula is C18H20F3N3O2. The number of H-pyrrole nitrogens is 1. The van der Waals surface area contributed by atoms with Crippen LogP contribution in [0.4, 0.5) is 13.2 Å². The second-order valence-electron chi connectivity index (χ2n) is 6.34. The summed E-state index contributed by atoms with van der Waals surface area (Å²) in [6.07, 6.45) is 0.0889. The number of hydrogen-bond donors (Lipinski definition) is 1. The van der Waals surface area contributed by atoms with Gasteiger partial charge in [0.15, 0.2) is 0 Å². The standard InChI is InChI=1S/C18H20F3N3O2/c19-18(20,21)15-3-1-2-13(8-15)9-16-12-24(6-7-26-16)17(25)5-4-14-10-22-23-11-14/h1-3,8,10-11,16H,4-7,9,12H2,(H,22,23)/t16-/m1/s1. The molecule has 0 radical (unpaired) electrons. The number of hydrogen-bond acceptors (Lipinski definition) is 3. The number of halogens is 3. The van der Waals surface area contributed by atoms with Crippen LogP contribution in [0.5, 0.6) is 0 Å². The fourth-order valence-electron chi connectivity index (χ4n) is 3.03. The van der Waals surface area contributed by atoms with E-state index in [1.807, 2.05) is 0 Å². The molecule has 1 amide bonds. The van der Waals surface area contributed by atoms with Crippen molar-refractivity contribution in [2.75, 3.05) is 19.7 Å². The summed E-state index contributed by atoms with van der Waals surface area (Å²) in [6, 6.07) is 5.24. The van der Waals surface area contributed by atoms with Gasteiger partial charge in [0.25, 0.3) is 0 Å². The van der Waals surface area contributed by atoms with Gasteiger partial charge in [-0.15, -0.1) is 0 Å². The number of aromatic amines is 1. The summed E-state index contributed by atoms with van der Waals surface area (Å²) < 4.78 is 44.1. The second kappa shape index (κ2) is 7.90. The molecule has 5 nitrogen and oxygen atoms in total. The fraction of sp³-hybridized carbons (Fsp3) is 0.444. The molecule has 1 saturated heterocycles. The van der Waals surface area contributed by atoms with Crippen molar-refractivity contribution < 1.29 is 22.7 Å². The average Bonchev–Trinajstić information content (AvgIpc) is 3.13. The molecule has 26 heavy (non-hydrogen) atoms. The number of nitrogens with one attached hydrogen (secondary N) is 1. The topological polar surface area (TPSA) is 58.2 Å². The summed E-state index contributed by atoms with van der Waals surface area (Å²) in [5, 5.41) is 6.55. The zero-order valence-corrected chi connectivity index (χ0v) is 14.1. The van der Waals surface area contributed by atoms with Crippen LogP contribution < -0.4 is 0 Å². The van der Waals surface area contributed by atoms with Crippen LogP contribution in [0.2, 0.25) is 0 Å². The van der Waals surface area contributed by atoms with Gasteiger partial charge in [-0.1, -0.05) is 18.2 Å². The molecule has 0 spiro atoms. The van der Waals surface area contributed by atoms with Gasteiger partial charge in [0.1, 0.15) is 0 Å². The van der Waals surface area contributed by atoms with E-state index in [1.54, 1.807) is 23.4 Å². The van der Waals surface area contributed by atoms with E-state index in [0.29, 0.717) is 44.5 Å². The van der Waals surface area contributed by atoms with E-state index in [9.17, 15) is 18.0 Å². The summed E-state index contributed by atoms with van der Waals surface area (Å²) in [7, 11) is 0. The first-order valence-corrected chi connectivity index (χ1v) is 8.45. The molecule has 3 rings (SSSR count). The van der Waals surface area contributed by atoms with Crippen LogP contribution in [-0.2, 0) is 28.5 Å². The van der Waals surface area contributed by atoms with Crippen LogP contribution in [0.1, 0.15) is 23.1 Å². The maximum atomic E-state index is 12.8. The van der Waals surface area contributed by atoms with Crippen LogP contribution >= 0.6 is 0 Å². The predicted octanol–water partition coefficient (Wildman–Crippen LogP) is 2.83. The summed E-state index contributed by atoms with van der Waals surface area (Å²) in [4.78, 5) is 14.1. The van der Waals surface area contributed by atoms with E-state index in [4.69, 9.17) is 4.74 Å². The van der Waals surface area contributed by atoms with Gasteiger partial charge in [0, 0.05) is 32.1 Å². The Morgan fingerprint density at radius 1 is 1.35 bits per heavy atom. The summed E-state index contributed by atoms with van der Waals surface area (Å²) in [5.41, 5.74) is 0.850. The van der Waals surface area contributed by atoms with Crippen molar-refractivity contribution in [2.24, 2.45) is 0 Å². The van der Waals surface area contributed by atoms with Crippen molar-refractivity contribution in [2.45, 2.75) is 31.5 Å². The Labute approximate surface area is 149 Å². The molecule has 1 N–H and O–H groups in total. The Morgan fingerprint density at radius 2 is 2.19 bits per heavy atom. The van der Waals surface area contributed by atoms with Gasteiger partial charge in [-0.05, 0) is 23.6 Å². The smallest absolute Gasteiger partial charge is 0.374 e. The van der Waals surface area contributed by atoms with Gasteiger partial charge in [-0.2, -0.15) is 18.3 Å². The van der Waals surface area contributed by atoms with Crippen molar-refractivity contribution in [1.82, 2.24) is 15.1 Å². The Hall–Kier alpha value is -2.35. The molecule has 0 unspecified atom stereocenters. The molecule has 1 aliphatic rings. The third-order valence-electron chi connectivity index (χ3n) is 4.39. The average molecular weight is 367 g/mol. The maximum absolute atomic E-state index is 12.8. The predicted molar refractivity (Wildman–Crippen MR) is 88.4 cm³/mol. The summed E-state index contributed by atoms with van der Waals surface area (Å²) in [6.45, 7) is 1.28. The highest BCUT2D eigenvalue weighted by molar-refractivity contribution is 5.76. The van der Waals surface area contributed by atoms with Gasteiger partial charge in [-0.25, -0.2) is 0 Å². The lowest BCUT2D eigenvalue weighted by Crippen LogP contribution is -2.46. The van der Waals surface area contributed by atoms with Crippen LogP contribution in [-0.4, -0.2) is 46.8 Å². The highest BCUT2D eigenvalue weighted by Gasteiger charge is 2.31. The zero-order chi connectivity index (χ0) is 18.6. The van der Waals surface area contributed by atoms with E-state index >= 15 is 0 Å². The number of nitrogens with zero attached hydrogens (tertiary/aromatic N) is 2. The Bertz CT molecular complexity index is 732. The maximum Gasteiger partial charge on any atom is 0.416 e. The first kappa shape index (κ1) is 18.4. The summed E-state index contributed by atoms with van der Waals surface area (Å²) >= 11 is 0. The van der Waals surface area contributed by atoms with Crippen molar-refractivity contribution in [3.8, 4) is 0 Å². The molecule has 140 valence electrons. The Morgan fingerprint density at radius 3 is 2.92 bits per heavy atom. The molecule has 0 aliphatic carbocycles. The minimum Gasteiger partial charge on any atom is -0.374 e. The Kier molecular flexibility index (Phi) is 5.61. The molecule has 1 fully saturated rings. The first-order valence-electron chi connectivity index (χ1n) is 8.45. The quantitative estimate of drug-likeness (QED) is 0.884. The van der Waals surface area contributed by atoms with Crippen LogP contribution in [0.3, 0.4) is 0 Å². The number of carbonyl (C=O) groups excluding carboxylic acids is 1. The third-order valence-corrected chi connectivity index (χ3v) is 4.39. The van der Waals surface area contributed by atoms with Crippen molar-refractivity contribution >= 4 is 5.91 Å². The van der Waals surface area contributed by atoms with Gasteiger partial charge in [-0.3, -0.25) is 9.89 Å². The Balaban J connectivity index is 1.55. The van der Waals surface area contributed by atoms with Crippen LogP contribution in [0.25, 0.3) is 0 Å². The van der Waals surface area contributed by atoms with E-state index in [-0.39, 0.29) is 12.0 Å². The SMILES string of the molecule is O=C(CCc1cn[nH]c1)N1CCO[C@H](Cc2cccc(C(F)(F)F)c2)C1. The summed E-state index contributed by atoms with van der Waals surface area (Å²) in [5.74, 6) is 0.0172. The number of rotatable bonds is 5. The largest absolute Gasteiger partial charge is 0.416 e. The minimum atomic E-state index is -4.36. The molecule has 0 saturated carbocycles. The van der Waals surface area contributed by atoms with E-state index < -0.39 is 11.7 Å². The molecule has 1 atom stereocenters. The lowest BCUT2D eigenvalue weighted by atomic mass is 10.0. The number of benzene rings is 1. The number of morpholine rings is 1. The molecule has 1 aliphatic heterocycles. The minimum absolute atomic E-state index is 0.0172. The van der Waals surface area contributed by atoms with Crippen molar-refractivity contribution in [3.63, 3.8) is 0 Å². The lowest BCUT2D eigenvalue weighted by molar-refractivity contribution is -0.138. The highest BCUT2D eigenvalue weighted by Crippen LogP contribution is 2.30. The fourth-order valence-corrected chi connectivity index (χ4v) is 3.03. The zero-order valence-electron chi connectivity index (χ0n) is 14.1. The van der Waals surface area contributed by atoms with Crippen LogP contribution in [0, 0.1) is 0 Å². The monoisotopic (exact) mass is 367 g/mol. The van der Waals surface area contributed by atoms with E-state index in [0.717, 1.165) is 17.7 Å². The molecular weight excluding hydrogens is 347 g/mol. The van der Waals surface area contributed by atoms with Crippen molar-refractivity contribution in [1.29, 1.82) is 0 Å². The second-order valence-corrected chi connectivity index (χ2v) is 6.34. The number of alkyl halides is 3. The number of aromatic nitrogens is 2. The third kappa shape index (κ3) is 4.85. The molecule has 0 bridgehead atoms. The molecule has 1 aromatic carbocycles. The van der Waals surface area contributed by atoms with Gasteiger partial charge >= 0.3 is 6.18 Å².